The van der Waals surface area contributed by atoms with Crippen LogP contribution >= 0.6 is 11.6 Å². The van der Waals surface area contributed by atoms with Crippen LogP contribution in [0.5, 0.6) is 5.75 Å². The molecule has 0 unspecified atom stereocenters. The molecule has 0 radical (unpaired) electrons. The average Bonchev–Trinajstić information content (AvgIpc) is 2.83. The second kappa shape index (κ2) is 9.62. The van der Waals surface area contributed by atoms with Gasteiger partial charge in [-0.15, -0.1) is 0 Å². The fourth-order valence-electron chi connectivity index (χ4n) is 2.67. The van der Waals surface area contributed by atoms with Crippen molar-refractivity contribution < 1.29 is 14.3 Å². The molecular weight excluding hydrogens is 352 g/mol. The molecule has 0 saturated heterocycles. The maximum absolute atomic E-state index is 12.1. The Morgan fingerprint density at radius 2 is 1.88 bits per heavy atom. The molecule has 142 valence electrons. The van der Waals surface area contributed by atoms with Gasteiger partial charge in [0.05, 0.1) is 25.3 Å². The molecule has 0 bridgehead atoms. The van der Waals surface area contributed by atoms with Gasteiger partial charge in [0.25, 0.3) is 0 Å². The molecule has 26 heavy (non-hydrogen) atoms. The zero-order chi connectivity index (χ0) is 19.1. The highest BCUT2D eigenvalue weighted by molar-refractivity contribution is 6.30. The van der Waals surface area contributed by atoms with Gasteiger partial charge in [-0.05, 0) is 44.0 Å². The number of hydrogen-bond acceptors (Lipinski definition) is 4. The fourth-order valence-corrected chi connectivity index (χ4v) is 2.80. The van der Waals surface area contributed by atoms with Crippen molar-refractivity contribution in [3.05, 3.63) is 46.2 Å². The summed E-state index contributed by atoms with van der Waals surface area (Å²) in [4.78, 5) is 12.1. The van der Waals surface area contributed by atoms with Gasteiger partial charge in [-0.25, -0.2) is 0 Å². The molecule has 5 nitrogen and oxygen atoms in total. The monoisotopic (exact) mass is 378 g/mol. The first kappa shape index (κ1) is 20.3. The van der Waals surface area contributed by atoms with Crippen LogP contribution in [0.3, 0.4) is 0 Å². The number of carbonyl (C=O) groups is 1. The van der Waals surface area contributed by atoms with Gasteiger partial charge in [-0.3, -0.25) is 9.48 Å². The molecule has 1 aromatic heterocycles. The van der Waals surface area contributed by atoms with E-state index >= 15 is 0 Å². The third-order valence-electron chi connectivity index (χ3n) is 4.02. The molecule has 1 heterocycles. The SMILES string of the molecule is Cc1nn(CC(C)C)c(C)c1CC(=O)OCCCOc1ccc(Cl)cc1. The zero-order valence-corrected chi connectivity index (χ0v) is 16.7. The van der Waals surface area contributed by atoms with E-state index in [-0.39, 0.29) is 12.4 Å². The number of aromatic nitrogens is 2. The lowest BCUT2D eigenvalue weighted by Crippen LogP contribution is -2.12. The van der Waals surface area contributed by atoms with E-state index in [1.54, 1.807) is 12.1 Å². The largest absolute Gasteiger partial charge is 0.493 e. The Balaban J connectivity index is 1.73. The van der Waals surface area contributed by atoms with Crippen LogP contribution in [0.2, 0.25) is 5.02 Å². The van der Waals surface area contributed by atoms with E-state index in [9.17, 15) is 4.79 Å². The van der Waals surface area contributed by atoms with E-state index in [4.69, 9.17) is 21.1 Å². The first-order valence-electron chi connectivity index (χ1n) is 8.93. The minimum atomic E-state index is -0.230. The Kier molecular flexibility index (Phi) is 7.51. The minimum absolute atomic E-state index is 0.230. The molecule has 0 spiro atoms. The number of carbonyl (C=O) groups excluding carboxylic acids is 1. The molecule has 0 aliphatic carbocycles. The number of benzene rings is 1. The van der Waals surface area contributed by atoms with E-state index in [0.29, 0.717) is 30.6 Å². The highest BCUT2D eigenvalue weighted by Crippen LogP contribution is 2.17. The summed E-state index contributed by atoms with van der Waals surface area (Å²) in [5, 5.41) is 5.21. The summed E-state index contributed by atoms with van der Waals surface area (Å²) in [5.74, 6) is 1.03. The van der Waals surface area contributed by atoms with Crippen LogP contribution in [0.1, 0.15) is 37.2 Å². The van der Waals surface area contributed by atoms with Gasteiger partial charge in [0.2, 0.25) is 0 Å². The van der Waals surface area contributed by atoms with Crippen molar-refractivity contribution in [3.8, 4) is 5.75 Å². The van der Waals surface area contributed by atoms with Crippen molar-refractivity contribution in [2.24, 2.45) is 5.92 Å². The summed E-state index contributed by atoms with van der Waals surface area (Å²) >= 11 is 5.83. The lowest BCUT2D eigenvalue weighted by molar-refractivity contribution is -0.143. The summed E-state index contributed by atoms with van der Waals surface area (Å²) in [6.07, 6.45) is 0.896. The average molecular weight is 379 g/mol. The minimum Gasteiger partial charge on any atom is -0.493 e. The molecule has 2 aromatic rings. The fraction of sp³-hybridized carbons (Fsp3) is 0.500. The summed E-state index contributed by atoms with van der Waals surface area (Å²) in [6, 6.07) is 7.19. The van der Waals surface area contributed by atoms with E-state index in [1.807, 2.05) is 30.7 Å². The van der Waals surface area contributed by atoms with Crippen LogP contribution in [-0.4, -0.2) is 29.0 Å². The maximum Gasteiger partial charge on any atom is 0.310 e. The van der Waals surface area contributed by atoms with Crippen LogP contribution < -0.4 is 4.74 Å². The van der Waals surface area contributed by atoms with Gasteiger partial charge in [0.1, 0.15) is 5.75 Å². The van der Waals surface area contributed by atoms with Crippen molar-refractivity contribution in [1.29, 1.82) is 0 Å². The number of nitrogens with zero attached hydrogens (tertiary/aromatic N) is 2. The molecule has 0 saturated carbocycles. The molecule has 0 amide bonds. The first-order valence-corrected chi connectivity index (χ1v) is 9.31. The number of aryl methyl sites for hydroxylation is 1. The molecule has 1 aromatic carbocycles. The van der Waals surface area contributed by atoms with Gasteiger partial charge >= 0.3 is 5.97 Å². The topological polar surface area (TPSA) is 53.4 Å². The molecular formula is C20H27ClN2O3. The number of halogens is 1. The Labute approximate surface area is 160 Å². The normalized spacial score (nSPS) is 11.0. The van der Waals surface area contributed by atoms with Gasteiger partial charge in [0.15, 0.2) is 0 Å². The lowest BCUT2D eigenvalue weighted by Gasteiger charge is -2.09. The van der Waals surface area contributed by atoms with E-state index in [1.165, 1.54) is 0 Å². The van der Waals surface area contributed by atoms with Gasteiger partial charge in [-0.2, -0.15) is 5.10 Å². The summed E-state index contributed by atoms with van der Waals surface area (Å²) in [6.45, 7) is 9.91. The standard InChI is InChI=1S/C20H27ClN2O3/c1-14(2)13-23-16(4)19(15(3)22-23)12-20(24)26-11-5-10-25-18-8-6-17(21)7-9-18/h6-9,14H,5,10-13H2,1-4H3. The second-order valence-electron chi connectivity index (χ2n) is 6.78. The predicted octanol–water partition coefficient (Wildman–Crippen LogP) is 4.36. The molecule has 6 heteroatoms. The molecule has 0 fully saturated rings. The van der Waals surface area contributed by atoms with E-state index in [2.05, 4.69) is 18.9 Å². The van der Waals surface area contributed by atoms with Crippen LogP contribution in [0.15, 0.2) is 24.3 Å². The Morgan fingerprint density at radius 1 is 1.19 bits per heavy atom. The zero-order valence-electron chi connectivity index (χ0n) is 15.9. The number of ether oxygens (including phenoxy) is 2. The van der Waals surface area contributed by atoms with Crippen LogP contribution in [0, 0.1) is 19.8 Å². The first-order chi connectivity index (χ1) is 12.4. The molecule has 0 N–H and O–H groups in total. The van der Waals surface area contributed by atoms with Crippen molar-refractivity contribution in [3.63, 3.8) is 0 Å². The Bertz CT molecular complexity index is 723. The molecule has 0 aliphatic heterocycles. The van der Waals surface area contributed by atoms with Crippen LogP contribution in [0.4, 0.5) is 0 Å². The highest BCUT2D eigenvalue weighted by Gasteiger charge is 2.16. The molecule has 2 rings (SSSR count). The lowest BCUT2D eigenvalue weighted by atomic mass is 10.1. The molecule has 0 aliphatic rings. The Hall–Kier alpha value is -2.01. The third-order valence-corrected chi connectivity index (χ3v) is 4.28. The van der Waals surface area contributed by atoms with Crippen molar-refractivity contribution >= 4 is 17.6 Å². The third kappa shape index (κ3) is 6.06. The predicted molar refractivity (Wildman–Crippen MR) is 103 cm³/mol. The Morgan fingerprint density at radius 3 is 2.54 bits per heavy atom. The van der Waals surface area contributed by atoms with E-state index < -0.39 is 0 Å². The van der Waals surface area contributed by atoms with Gasteiger partial charge in [-0.1, -0.05) is 25.4 Å². The van der Waals surface area contributed by atoms with Gasteiger partial charge < -0.3 is 9.47 Å². The smallest absolute Gasteiger partial charge is 0.310 e. The van der Waals surface area contributed by atoms with Crippen molar-refractivity contribution in [2.45, 2.75) is 47.1 Å². The maximum atomic E-state index is 12.1. The highest BCUT2D eigenvalue weighted by atomic mass is 35.5. The number of esters is 1. The summed E-state index contributed by atoms with van der Waals surface area (Å²) < 4.78 is 12.9. The van der Waals surface area contributed by atoms with Crippen LogP contribution in [0.25, 0.3) is 0 Å². The number of rotatable bonds is 9. The van der Waals surface area contributed by atoms with Crippen molar-refractivity contribution in [1.82, 2.24) is 9.78 Å². The number of hydrogen-bond donors (Lipinski definition) is 0. The van der Waals surface area contributed by atoms with E-state index in [0.717, 1.165) is 29.2 Å². The quantitative estimate of drug-likeness (QED) is 0.480. The summed E-state index contributed by atoms with van der Waals surface area (Å²) in [5.41, 5.74) is 2.90. The van der Waals surface area contributed by atoms with Gasteiger partial charge in [0, 0.05) is 29.2 Å². The second-order valence-corrected chi connectivity index (χ2v) is 7.21. The van der Waals surface area contributed by atoms with Crippen molar-refractivity contribution in [2.75, 3.05) is 13.2 Å². The summed E-state index contributed by atoms with van der Waals surface area (Å²) in [7, 11) is 0. The molecule has 0 atom stereocenters. The van der Waals surface area contributed by atoms with Crippen LogP contribution in [-0.2, 0) is 22.5 Å².